The Hall–Kier alpha value is -2.12. The maximum atomic E-state index is 13.3. The van der Waals surface area contributed by atoms with Crippen molar-refractivity contribution in [3.8, 4) is 5.75 Å². The molecule has 174 valence electrons. The van der Waals surface area contributed by atoms with Crippen molar-refractivity contribution >= 4 is 11.9 Å². The summed E-state index contributed by atoms with van der Waals surface area (Å²) in [6.45, 7) is 5.84. The summed E-state index contributed by atoms with van der Waals surface area (Å²) in [6, 6.07) is 7.39. The summed E-state index contributed by atoms with van der Waals surface area (Å²) in [6.07, 6.45) is 5.85. The fraction of sp³-hybridized carbons (Fsp3) is 0.667. The molecule has 1 aromatic carbocycles. The number of carbonyl (C=O) groups excluding carboxylic acids is 2. The minimum atomic E-state index is -1.90. The molecule has 2 rings (SSSR count). The monoisotopic (exact) mass is 434 g/mol. The summed E-state index contributed by atoms with van der Waals surface area (Å²) in [5.41, 5.74) is 4.63. The molecule has 0 radical (unpaired) electrons. The Morgan fingerprint density at radius 2 is 1.71 bits per heavy atom. The zero-order valence-corrected chi connectivity index (χ0v) is 19.6. The van der Waals surface area contributed by atoms with E-state index in [4.69, 9.17) is 19.9 Å². The van der Waals surface area contributed by atoms with Crippen molar-refractivity contribution in [2.45, 2.75) is 70.6 Å². The Balaban J connectivity index is 2.10. The lowest BCUT2D eigenvalue weighted by Gasteiger charge is -2.33. The van der Waals surface area contributed by atoms with Crippen LogP contribution in [-0.2, 0) is 25.6 Å². The van der Waals surface area contributed by atoms with Crippen LogP contribution in [0.5, 0.6) is 5.75 Å². The molecule has 31 heavy (non-hydrogen) atoms. The SMILES string of the molecule is COc1ccc(CN(C)C(=O)[C@@](N)(COCC2CCCCC2)C(=O)OC(C)(C)C)cc1. The van der Waals surface area contributed by atoms with Gasteiger partial charge in [-0.1, -0.05) is 31.4 Å². The van der Waals surface area contributed by atoms with E-state index in [9.17, 15) is 9.59 Å². The molecular weight excluding hydrogens is 396 g/mol. The van der Waals surface area contributed by atoms with Crippen molar-refractivity contribution in [1.29, 1.82) is 0 Å². The Bertz CT molecular complexity index is 722. The Labute approximate surface area is 186 Å². The van der Waals surface area contributed by atoms with Crippen LogP contribution in [0.2, 0.25) is 0 Å². The van der Waals surface area contributed by atoms with Crippen molar-refractivity contribution < 1.29 is 23.8 Å². The van der Waals surface area contributed by atoms with E-state index >= 15 is 0 Å². The van der Waals surface area contributed by atoms with Crippen molar-refractivity contribution in [2.75, 3.05) is 27.4 Å². The normalized spacial score (nSPS) is 17.0. The van der Waals surface area contributed by atoms with Crippen LogP contribution in [0, 0.1) is 5.92 Å². The van der Waals surface area contributed by atoms with Gasteiger partial charge in [0.2, 0.25) is 5.54 Å². The second kappa shape index (κ2) is 11.0. The molecular formula is C24H38N2O5. The first-order valence-electron chi connectivity index (χ1n) is 11.0. The molecule has 0 spiro atoms. The van der Waals surface area contributed by atoms with Gasteiger partial charge in [-0.2, -0.15) is 0 Å². The number of nitrogens with two attached hydrogens (primary N) is 1. The molecule has 1 fully saturated rings. The highest BCUT2D eigenvalue weighted by molar-refractivity contribution is 6.07. The first-order valence-corrected chi connectivity index (χ1v) is 11.0. The van der Waals surface area contributed by atoms with E-state index in [-0.39, 0.29) is 6.61 Å². The van der Waals surface area contributed by atoms with Crippen molar-refractivity contribution in [3.05, 3.63) is 29.8 Å². The number of hydrogen-bond acceptors (Lipinski definition) is 6. The number of rotatable bonds is 9. The quantitative estimate of drug-likeness (QED) is 0.474. The lowest BCUT2D eigenvalue weighted by Crippen LogP contribution is -2.64. The maximum absolute atomic E-state index is 13.3. The van der Waals surface area contributed by atoms with Crippen LogP contribution in [0.25, 0.3) is 0 Å². The first-order chi connectivity index (χ1) is 14.5. The molecule has 1 aliphatic carbocycles. The number of ether oxygens (including phenoxy) is 3. The van der Waals surface area contributed by atoms with Crippen LogP contribution < -0.4 is 10.5 Å². The molecule has 1 saturated carbocycles. The van der Waals surface area contributed by atoms with Crippen LogP contribution in [0.4, 0.5) is 0 Å². The van der Waals surface area contributed by atoms with Crippen LogP contribution in [-0.4, -0.2) is 55.3 Å². The van der Waals surface area contributed by atoms with Crippen molar-refractivity contribution in [3.63, 3.8) is 0 Å². The van der Waals surface area contributed by atoms with Gasteiger partial charge in [-0.15, -0.1) is 0 Å². The predicted molar refractivity (Wildman–Crippen MR) is 120 cm³/mol. The molecule has 0 unspecified atom stereocenters. The molecule has 1 aliphatic rings. The molecule has 0 aromatic heterocycles. The standard InChI is InChI=1S/C24H38N2O5/c1-23(2,3)31-22(28)24(25,17-30-16-19-9-7-6-8-10-19)21(27)26(4)15-18-11-13-20(29-5)14-12-18/h11-14,19H,6-10,15-17,25H2,1-5H3/t24-/m0/s1. The highest BCUT2D eigenvalue weighted by Crippen LogP contribution is 2.24. The third-order valence-corrected chi connectivity index (χ3v) is 5.48. The predicted octanol–water partition coefficient (Wildman–Crippen LogP) is 3.29. The van der Waals surface area contributed by atoms with Crippen LogP contribution in [0.3, 0.4) is 0 Å². The maximum Gasteiger partial charge on any atom is 0.338 e. The Kier molecular flexibility index (Phi) is 8.89. The number of amides is 1. The van der Waals surface area contributed by atoms with Crippen molar-refractivity contribution in [1.82, 2.24) is 4.90 Å². The van der Waals surface area contributed by atoms with Gasteiger partial charge < -0.3 is 24.8 Å². The zero-order valence-electron chi connectivity index (χ0n) is 19.6. The molecule has 0 heterocycles. The summed E-state index contributed by atoms with van der Waals surface area (Å²) in [7, 11) is 3.22. The Morgan fingerprint density at radius 1 is 1.10 bits per heavy atom. The van der Waals surface area contributed by atoms with E-state index in [0.29, 0.717) is 19.1 Å². The summed E-state index contributed by atoms with van der Waals surface area (Å²) in [5.74, 6) is -0.115. The number of carbonyl (C=O) groups is 2. The average molecular weight is 435 g/mol. The van der Waals surface area contributed by atoms with Gasteiger partial charge in [0.25, 0.3) is 5.91 Å². The van der Waals surface area contributed by atoms with Crippen LogP contribution in [0.1, 0.15) is 58.4 Å². The minimum Gasteiger partial charge on any atom is -0.497 e. The van der Waals surface area contributed by atoms with Gasteiger partial charge in [0.05, 0.1) is 13.7 Å². The third kappa shape index (κ3) is 7.51. The number of hydrogen-bond donors (Lipinski definition) is 1. The summed E-state index contributed by atoms with van der Waals surface area (Å²) < 4.78 is 16.5. The summed E-state index contributed by atoms with van der Waals surface area (Å²) in [4.78, 5) is 27.7. The number of esters is 1. The molecule has 0 bridgehead atoms. The van der Waals surface area contributed by atoms with E-state index in [1.807, 2.05) is 24.3 Å². The third-order valence-electron chi connectivity index (χ3n) is 5.48. The summed E-state index contributed by atoms with van der Waals surface area (Å²) >= 11 is 0. The fourth-order valence-corrected chi connectivity index (χ4v) is 3.73. The minimum absolute atomic E-state index is 0.204. The van der Waals surface area contributed by atoms with Gasteiger partial charge >= 0.3 is 5.97 Å². The summed E-state index contributed by atoms with van der Waals surface area (Å²) in [5, 5.41) is 0. The number of likely N-dealkylation sites (N-methyl/N-ethyl adjacent to an activating group) is 1. The van der Waals surface area contributed by atoms with E-state index in [1.54, 1.807) is 34.9 Å². The Morgan fingerprint density at radius 3 is 2.26 bits per heavy atom. The highest BCUT2D eigenvalue weighted by atomic mass is 16.6. The molecule has 7 nitrogen and oxygen atoms in total. The lowest BCUT2D eigenvalue weighted by molar-refractivity contribution is -0.170. The average Bonchev–Trinajstić information content (AvgIpc) is 2.73. The van der Waals surface area contributed by atoms with E-state index in [1.165, 1.54) is 24.2 Å². The van der Waals surface area contributed by atoms with E-state index in [2.05, 4.69) is 0 Å². The van der Waals surface area contributed by atoms with Gasteiger partial charge in [-0.05, 0) is 57.2 Å². The first kappa shape index (κ1) is 25.1. The second-order valence-electron chi connectivity index (χ2n) is 9.50. The van der Waals surface area contributed by atoms with Gasteiger partial charge in [-0.25, -0.2) is 4.79 Å². The number of benzene rings is 1. The van der Waals surface area contributed by atoms with Gasteiger partial charge in [-0.3, -0.25) is 4.79 Å². The molecule has 0 aliphatic heterocycles. The molecule has 7 heteroatoms. The topological polar surface area (TPSA) is 91.1 Å². The molecule has 0 saturated heterocycles. The van der Waals surface area contributed by atoms with Crippen LogP contribution >= 0.6 is 0 Å². The number of nitrogens with zero attached hydrogens (tertiary/aromatic N) is 1. The van der Waals surface area contributed by atoms with Crippen LogP contribution in [0.15, 0.2) is 24.3 Å². The lowest BCUT2D eigenvalue weighted by atomic mass is 9.90. The van der Waals surface area contributed by atoms with Crippen molar-refractivity contribution in [2.24, 2.45) is 11.7 Å². The van der Waals surface area contributed by atoms with Gasteiger partial charge in [0.1, 0.15) is 11.4 Å². The van der Waals surface area contributed by atoms with Gasteiger partial charge in [0.15, 0.2) is 0 Å². The molecule has 1 atom stereocenters. The smallest absolute Gasteiger partial charge is 0.338 e. The van der Waals surface area contributed by atoms with Gasteiger partial charge in [0, 0.05) is 20.2 Å². The highest BCUT2D eigenvalue weighted by Gasteiger charge is 2.47. The number of methoxy groups -OCH3 is 1. The molecule has 1 aromatic rings. The fourth-order valence-electron chi connectivity index (χ4n) is 3.73. The van der Waals surface area contributed by atoms with E-state index < -0.39 is 23.0 Å². The molecule has 2 N–H and O–H groups in total. The zero-order chi connectivity index (χ0) is 23.1. The largest absolute Gasteiger partial charge is 0.497 e. The molecule has 1 amide bonds. The van der Waals surface area contributed by atoms with E-state index in [0.717, 1.165) is 24.2 Å². The second-order valence-corrected chi connectivity index (χ2v) is 9.50.